The average molecular weight is 186 g/mol. The van der Waals surface area contributed by atoms with Gasteiger partial charge in [0, 0.05) is 6.07 Å². The monoisotopic (exact) mass is 185 g/mol. The van der Waals surface area contributed by atoms with Crippen LogP contribution in [-0.2, 0) is 0 Å². The minimum absolute atomic E-state index is 0.597. The van der Waals surface area contributed by atoms with Crippen molar-refractivity contribution in [2.75, 3.05) is 0 Å². The Bertz CT molecular complexity index is 277. The van der Waals surface area contributed by atoms with Gasteiger partial charge in [0.25, 0.3) is 0 Å². The number of hydrogen-bond acceptors (Lipinski definition) is 0. The highest BCUT2D eigenvalue weighted by Gasteiger charge is 2.25. The molecule has 1 aliphatic carbocycles. The van der Waals surface area contributed by atoms with Crippen molar-refractivity contribution in [2.45, 2.75) is 18.8 Å². The van der Waals surface area contributed by atoms with Crippen LogP contribution < -0.4 is 0 Å². The van der Waals surface area contributed by atoms with E-state index in [0.29, 0.717) is 16.0 Å². The van der Waals surface area contributed by atoms with Crippen molar-refractivity contribution in [1.82, 2.24) is 0 Å². The first-order valence-corrected chi connectivity index (χ1v) is 4.40. The first-order valence-electron chi connectivity index (χ1n) is 3.64. The Balaban J connectivity index is 2.39. The number of hydrogen-bond donors (Lipinski definition) is 0. The second-order valence-electron chi connectivity index (χ2n) is 2.85. The van der Waals surface area contributed by atoms with E-state index < -0.39 is 0 Å². The van der Waals surface area contributed by atoms with E-state index in [9.17, 15) is 0 Å². The normalized spacial score (nSPS) is 16.9. The molecule has 1 aliphatic rings. The van der Waals surface area contributed by atoms with Gasteiger partial charge >= 0.3 is 0 Å². The molecule has 0 aromatic heterocycles. The summed E-state index contributed by atoms with van der Waals surface area (Å²) >= 11 is 11.6. The Morgan fingerprint density at radius 2 is 2.00 bits per heavy atom. The van der Waals surface area contributed by atoms with Crippen LogP contribution in [0.1, 0.15) is 24.3 Å². The van der Waals surface area contributed by atoms with Crippen molar-refractivity contribution in [3.05, 3.63) is 33.8 Å². The van der Waals surface area contributed by atoms with Crippen molar-refractivity contribution in [3.63, 3.8) is 0 Å². The Labute approximate surface area is 76.1 Å². The molecule has 0 heterocycles. The van der Waals surface area contributed by atoms with Crippen LogP contribution in [0.5, 0.6) is 0 Å². The van der Waals surface area contributed by atoms with Gasteiger partial charge in [-0.1, -0.05) is 29.3 Å². The van der Waals surface area contributed by atoms with Gasteiger partial charge in [0.2, 0.25) is 0 Å². The van der Waals surface area contributed by atoms with Gasteiger partial charge < -0.3 is 0 Å². The van der Waals surface area contributed by atoms with Gasteiger partial charge in [0.05, 0.1) is 10.0 Å². The number of halogens is 2. The molecule has 1 fully saturated rings. The van der Waals surface area contributed by atoms with Crippen LogP contribution in [-0.4, -0.2) is 0 Å². The summed E-state index contributed by atoms with van der Waals surface area (Å²) in [5, 5.41) is 1.29. The first kappa shape index (κ1) is 7.45. The molecule has 11 heavy (non-hydrogen) atoms. The third kappa shape index (κ3) is 1.52. The molecule has 0 unspecified atom stereocenters. The molecule has 0 atom stereocenters. The van der Waals surface area contributed by atoms with Crippen LogP contribution >= 0.6 is 23.2 Å². The summed E-state index contributed by atoms with van der Waals surface area (Å²) < 4.78 is 0. The second-order valence-corrected chi connectivity index (χ2v) is 3.64. The zero-order valence-corrected chi connectivity index (χ0v) is 7.41. The lowest BCUT2D eigenvalue weighted by molar-refractivity contribution is 1.13. The molecule has 0 nitrogen and oxygen atoms in total. The van der Waals surface area contributed by atoms with E-state index in [1.807, 2.05) is 12.1 Å². The summed E-state index contributed by atoms with van der Waals surface area (Å²) in [6.45, 7) is 0. The van der Waals surface area contributed by atoms with E-state index in [-0.39, 0.29) is 0 Å². The van der Waals surface area contributed by atoms with E-state index in [1.54, 1.807) is 0 Å². The van der Waals surface area contributed by atoms with Gasteiger partial charge in [-0.25, -0.2) is 0 Å². The minimum Gasteiger partial charge on any atom is -0.0836 e. The van der Waals surface area contributed by atoms with Gasteiger partial charge in [0.1, 0.15) is 0 Å². The lowest BCUT2D eigenvalue weighted by Gasteiger charge is -2.00. The van der Waals surface area contributed by atoms with Crippen LogP contribution in [0, 0.1) is 6.07 Å². The number of benzene rings is 1. The van der Waals surface area contributed by atoms with E-state index >= 15 is 0 Å². The van der Waals surface area contributed by atoms with Gasteiger partial charge in [-0.3, -0.25) is 0 Å². The molecule has 1 aromatic carbocycles. The maximum atomic E-state index is 5.92. The third-order valence-corrected chi connectivity index (χ3v) is 2.44. The fourth-order valence-corrected chi connectivity index (χ4v) is 1.69. The summed E-state index contributed by atoms with van der Waals surface area (Å²) in [5.74, 6) is 0.677. The zero-order valence-electron chi connectivity index (χ0n) is 5.90. The highest BCUT2D eigenvalue weighted by Crippen LogP contribution is 2.43. The molecule has 0 bridgehead atoms. The summed E-state index contributed by atoms with van der Waals surface area (Å²) in [4.78, 5) is 0. The Kier molecular flexibility index (Phi) is 1.82. The second kappa shape index (κ2) is 2.69. The lowest BCUT2D eigenvalue weighted by atomic mass is 10.1. The molecule has 0 amide bonds. The van der Waals surface area contributed by atoms with Gasteiger partial charge in [-0.15, -0.1) is 0 Å². The van der Waals surface area contributed by atoms with Crippen LogP contribution in [0.15, 0.2) is 12.1 Å². The summed E-state index contributed by atoms with van der Waals surface area (Å²) in [7, 11) is 0. The molecule has 0 saturated heterocycles. The molecule has 0 spiro atoms. The van der Waals surface area contributed by atoms with Gasteiger partial charge in [0.15, 0.2) is 0 Å². The fourth-order valence-electron chi connectivity index (χ4n) is 1.16. The smallest absolute Gasteiger partial charge is 0.0535 e. The molecule has 2 rings (SSSR count). The van der Waals surface area contributed by atoms with E-state index in [1.165, 1.54) is 18.4 Å². The summed E-state index contributed by atoms with van der Waals surface area (Å²) in [5.41, 5.74) is 1.20. The standard InChI is InChI=1S/C9H7Cl2/c10-7-3-4-8(6-1-2-6)9(11)5-7/h3-4,6H,1-2H2. The largest absolute Gasteiger partial charge is 0.0836 e. The van der Waals surface area contributed by atoms with E-state index in [2.05, 4.69) is 6.07 Å². The lowest BCUT2D eigenvalue weighted by Crippen LogP contribution is -1.80. The van der Waals surface area contributed by atoms with Crippen LogP contribution in [0.4, 0.5) is 0 Å². The maximum Gasteiger partial charge on any atom is 0.0535 e. The third-order valence-electron chi connectivity index (χ3n) is 1.91. The van der Waals surface area contributed by atoms with Crippen molar-refractivity contribution >= 4 is 23.2 Å². The quantitative estimate of drug-likeness (QED) is 0.627. The van der Waals surface area contributed by atoms with Gasteiger partial charge in [-0.05, 0) is 30.4 Å². The molecule has 1 saturated carbocycles. The first-order chi connectivity index (χ1) is 5.27. The molecule has 0 aliphatic heterocycles. The molecular weight excluding hydrogens is 179 g/mol. The molecule has 2 heteroatoms. The average Bonchev–Trinajstić information content (AvgIpc) is 2.70. The Morgan fingerprint density at radius 1 is 1.27 bits per heavy atom. The fraction of sp³-hybridized carbons (Fsp3) is 0.333. The zero-order chi connectivity index (χ0) is 7.84. The Morgan fingerprint density at radius 3 is 2.55 bits per heavy atom. The summed E-state index contributed by atoms with van der Waals surface area (Å²) in [6, 6.07) is 6.74. The summed E-state index contributed by atoms with van der Waals surface area (Å²) in [6.07, 6.45) is 2.52. The highest BCUT2D eigenvalue weighted by molar-refractivity contribution is 6.34. The van der Waals surface area contributed by atoms with E-state index in [0.717, 1.165) is 0 Å². The predicted octanol–water partition coefficient (Wildman–Crippen LogP) is 3.67. The number of rotatable bonds is 1. The molecule has 0 N–H and O–H groups in total. The topological polar surface area (TPSA) is 0 Å². The molecule has 57 valence electrons. The molecular formula is C9H7Cl2. The minimum atomic E-state index is 0.597. The van der Waals surface area contributed by atoms with E-state index in [4.69, 9.17) is 23.2 Å². The van der Waals surface area contributed by atoms with Crippen molar-refractivity contribution < 1.29 is 0 Å². The molecule has 1 radical (unpaired) electrons. The van der Waals surface area contributed by atoms with Crippen LogP contribution in [0.2, 0.25) is 10.0 Å². The Hall–Kier alpha value is -0.200. The highest BCUT2D eigenvalue weighted by atomic mass is 35.5. The predicted molar refractivity (Wildman–Crippen MR) is 47.3 cm³/mol. The van der Waals surface area contributed by atoms with Crippen molar-refractivity contribution in [2.24, 2.45) is 0 Å². The van der Waals surface area contributed by atoms with Crippen LogP contribution in [0.25, 0.3) is 0 Å². The van der Waals surface area contributed by atoms with Crippen molar-refractivity contribution in [1.29, 1.82) is 0 Å². The molecule has 1 aromatic rings. The van der Waals surface area contributed by atoms with Crippen molar-refractivity contribution in [3.8, 4) is 0 Å². The maximum absolute atomic E-state index is 5.92. The SMILES string of the molecule is Clc1[c]c(Cl)c(C2CC2)cc1. The van der Waals surface area contributed by atoms with Gasteiger partial charge in [-0.2, -0.15) is 0 Å². The van der Waals surface area contributed by atoms with Crippen LogP contribution in [0.3, 0.4) is 0 Å².